The van der Waals surface area contributed by atoms with Gasteiger partial charge in [-0.05, 0) is 53.9 Å². The normalized spacial score (nSPS) is 11.8. The van der Waals surface area contributed by atoms with Gasteiger partial charge in [-0.1, -0.05) is 29.8 Å². The molecule has 0 aliphatic heterocycles. The van der Waals surface area contributed by atoms with Gasteiger partial charge in [0.1, 0.15) is 11.6 Å². The summed E-state index contributed by atoms with van der Waals surface area (Å²) in [5.41, 5.74) is 2.71. The molecule has 0 bridgehead atoms. The number of aromatic amines is 1. The van der Waals surface area contributed by atoms with E-state index >= 15 is 0 Å². The van der Waals surface area contributed by atoms with Crippen molar-refractivity contribution in [3.8, 4) is 5.75 Å². The summed E-state index contributed by atoms with van der Waals surface area (Å²) >= 11 is 6.15. The Balaban J connectivity index is 0.000000532. The zero-order valence-corrected chi connectivity index (χ0v) is 21.2. The lowest BCUT2D eigenvalue weighted by molar-refractivity contribution is -0.192. The molecule has 0 spiro atoms. The number of fused-ring (bicyclic) bond motifs is 1. The Morgan fingerprint density at radius 2 is 1.85 bits per heavy atom. The SMILES string of the molecule is O=C(O)C(F)(F)F.O=C(O)CC(c1cccc(Cl)c1)c1c[nH]c2cc(OCCCNc3ccccn3)ccc12. The molecule has 4 N–H and O–H groups in total. The molecule has 1 atom stereocenters. The maximum atomic E-state index is 11.5. The van der Waals surface area contributed by atoms with E-state index < -0.39 is 18.1 Å². The van der Waals surface area contributed by atoms with Crippen LogP contribution in [0.2, 0.25) is 5.02 Å². The zero-order valence-electron chi connectivity index (χ0n) is 20.4. The van der Waals surface area contributed by atoms with Crippen LogP contribution in [0.15, 0.2) is 73.1 Å². The lowest BCUT2D eigenvalue weighted by Gasteiger charge is -2.15. The van der Waals surface area contributed by atoms with Crippen LogP contribution in [0.1, 0.15) is 29.9 Å². The van der Waals surface area contributed by atoms with E-state index in [2.05, 4.69) is 15.3 Å². The molecule has 0 aliphatic carbocycles. The van der Waals surface area contributed by atoms with E-state index in [1.165, 1.54) is 0 Å². The first kappa shape index (κ1) is 29.3. The molecule has 12 heteroatoms. The van der Waals surface area contributed by atoms with Crippen LogP contribution in [0.4, 0.5) is 19.0 Å². The second-order valence-electron chi connectivity index (χ2n) is 8.30. The number of hydrogen-bond acceptors (Lipinski definition) is 5. The van der Waals surface area contributed by atoms with Crippen molar-refractivity contribution in [3.05, 3.63) is 89.2 Å². The second-order valence-corrected chi connectivity index (χ2v) is 8.74. The Kier molecular flexibility index (Phi) is 10.2. The van der Waals surface area contributed by atoms with Crippen molar-refractivity contribution in [1.82, 2.24) is 9.97 Å². The van der Waals surface area contributed by atoms with Crippen LogP contribution >= 0.6 is 11.6 Å². The standard InChI is InChI=1S/C25H24ClN3O3.C2HF3O2/c26-18-6-3-5-17(13-18)21(15-25(30)31)22-16-29-23-14-19(8-9-20(22)23)32-12-4-11-28-24-7-1-2-10-27-24;3-2(4,5)1(6)7/h1-3,5-10,13-14,16,21,29H,4,11-12,15H2,(H,27,28)(H,30,31);(H,6,7). The zero-order chi connectivity index (χ0) is 28.4. The van der Waals surface area contributed by atoms with Crippen LogP contribution in [0.3, 0.4) is 0 Å². The maximum Gasteiger partial charge on any atom is 0.490 e. The summed E-state index contributed by atoms with van der Waals surface area (Å²) in [6.07, 6.45) is -0.638. The number of benzene rings is 2. The monoisotopic (exact) mass is 563 g/mol. The van der Waals surface area contributed by atoms with E-state index in [0.717, 1.165) is 46.6 Å². The molecule has 4 rings (SSSR count). The number of nitrogens with zero attached hydrogens (tertiary/aromatic N) is 1. The minimum atomic E-state index is -5.08. The molecule has 8 nitrogen and oxygen atoms in total. The fourth-order valence-corrected chi connectivity index (χ4v) is 3.96. The van der Waals surface area contributed by atoms with Crippen molar-refractivity contribution in [2.45, 2.75) is 24.9 Å². The van der Waals surface area contributed by atoms with Gasteiger partial charge in [-0.25, -0.2) is 9.78 Å². The average molecular weight is 564 g/mol. The van der Waals surface area contributed by atoms with Crippen LogP contribution in [0, 0.1) is 0 Å². The van der Waals surface area contributed by atoms with Gasteiger partial charge in [0.05, 0.1) is 13.0 Å². The molecule has 1 unspecified atom stereocenters. The van der Waals surface area contributed by atoms with Crippen LogP contribution in [0.25, 0.3) is 10.9 Å². The number of anilines is 1. The molecule has 2 aromatic carbocycles. The highest BCUT2D eigenvalue weighted by Gasteiger charge is 2.38. The van der Waals surface area contributed by atoms with Crippen molar-refractivity contribution in [3.63, 3.8) is 0 Å². The molecule has 39 heavy (non-hydrogen) atoms. The van der Waals surface area contributed by atoms with Crippen LogP contribution in [-0.2, 0) is 9.59 Å². The van der Waals surface area contributed by atoms with Gasteiger partial charge in [-0.15, -0.1) is 0 Å². The number of carboxylic acid groups (broad SMARTS) is 2. The number of carbonyl (C=O) groups is 2. The van der Waals surface area contributed by atoms with Gasteiger partial charge < -0.3 is 25.3 Å². The number of hydrogen-bond donors (Lipinski definition) is 4. The first-order chi connectivity index (χ1) is 18.5. The van der Waals surface area contributed by atoms with E-state index in [-0.39, 0.29) is 12.3 Å². The number of pyridine rings is 1. The lowest BCUT2D eigenvalue weighted by Crippen LogP contribution is -2.21. The molecule has 0 aliphatic rings. The number of nitrogens with one attached hydrogen (secondary N) is 2. The van der Waals surface area contributed by atoms with Crippen molar-refractivity contribution < 1.29 is 37.7 Å². The summed E-state index contributed by atoms with van der Waals surface area (Å²) in [7, 11) is 0. The van der Waals surface area contributed by atoms with Crippen LogP contribution < -0.4 is 10.1 Å². The summed E-state index contributed by atoms with van der Waals surface area (Å²) in [6.45, 7) is 1.34. The Morgan fingerprint density at radius 3 is 2.49 bits per heavy atom. The predicted octanol–water partition coefficient (Wildman–Crippen LogP) is 6.34. The Labute approximate surface area is 226 Å². The van der Waals surface area contributed by atoms with Crippen molar-refractivity contribution >= 4 is 40.3 Å². The number of H-pyrrole nitrogens is 1. The number of ether oxygens (including phenoxy) is 1. The topological polar surface area (TPSA) is 125 Å². The molecule has 0 saturated carbocycles. The van der Waals surface area contributed by atoms with Crippen molar-refractivity contribution in [1.29, 1.82) is 0 Å². The highest BCUT2D eigenvalue weighted by molar-refractivity contribution is 6.30. The van der Waals surface area contributed by atoms with E-state index in [4.69, 9.17) is 26.2 Å². The first-order valence-electron chi connectivity index (χ1n) is 11.7. The average Bonchev–Trinajstić information content (AvgIpc) is 3.30. The second kappa shape index (κ2) is 13.5. The first-order valence-corrected chi connectivity index (χ1v) is 12.1. The summed E-state index contributed by atoms with van der Waals surface area (Å²) in [6, 6.07) is 19.0. The summed E-state index contributed by atoms with van der Waals surface area (Å²) in [5.74, 6) is -2.30. The third-order valence-electron chi connectivity index (χ3n) is 5.49. The molecule has 2 heterocycles. The summed E-state index contributed by atoms with van der Waals surface area (Å²) in [4.78, 5) is 27.9. The third kappa shape index (κ3) is 8.92. The van der Waals surface area contributed by atoms with E-state index in [9.17, 15) is 23.1 Å². The highest BCUT2D eigenvalue weighted by Crippen LogP contribution is 2.35. The molecular formula is C27H25ClF3N3O5. The van der Waals surface area contributed by atoms with E-state index in [1.807, 2.05) is 60.8 Å². The third-order valence-corrected chi connectivity index (χ3v) is 5.73. The number of aliphatic carboxylic acids is 2. The molecule has 2 aromatic heterocycles. The molecular weight excluding hydrogens is 539 g/mol. The summed E-state index contributed by atoms with van der Waals surface area (Å²) in [5, 5.41) is 21.4. The molecule has 0 fully saturated rings. The van der Waals surface area contributed by atoms with Gasteiger partial charge in [0, 0.05) is 46.8 Å². The molecule has 0 amide bonds. The fraction of sp³-hybridized carbons (Fsp3) is 0.222. The predicted molar refractivity (Wildman–Crippen MR) is 140 cm³/mol. The minimum absolute atomic E-state index is 0.0190. The Bertz CT molecular complexity index is 1400. The van der Waals surface area contributed by atoms with Gasteiger partial charge in [0.15, 0.2) is 0 Å². The largest absolute Gasteiger partial charge is 0.493 e. The molecule has 0 radical (unpaired) electrons. The minimum Gasteiger partial charge on any atom is -0.493 e. The quantitative estimate of drug-likeness (QED) is 0.166. The number of carboxylic acids is 2. The lowest BCUT2D eigenvalue weighted by atomic mass is 9.88. The Morgan fingerprint density at radius 1 is 1.08 bits per heavy atom. The number of alkyl halides is 3. The van der Waals surface area contributed by atoms with Crippen molar-refractivity contribution in [2.24, 2.45) is 0 Å². The smallest absolute Gasteiger partial charge is 0.490 e. The van der Waals surface area contributed by atoms with Gasteiger partial charge in [-0.2, -0.15) is 13.2 Å². The molecule has 0 saturated heterocycles. The van der Waals surface area contributed by atoms with Crippen LogP contribution in [0.5, 0.6) is 5.75 Å². The fourth-order valence-electron chi connectivity index (χ4n) is 3.76. The van der Waals surface area contributed by atoms with Gasteiger partial charge in [-0.3, -0.25) is 4.79 Å². The van der Waals surface area contributed by atoms with Gasteiger partial charge >= 0.3 is 18.1 Å². The maximum absolute atomic E-state index is 11.5. The Hall–Kier alpha value is -4.25. The molecule has 206 valence electrons. The number of aromatic nitrogens is 2. The number of halogens is 4. The van der Waals surface area contributed by atoms with E-state index in [1.54, 1.807) is 12.3 Å². The van der Waals surface area contributed by atoms with Crippen molar-refractivity contribution in [2.75, 3.05) is 18.5 Å². The van der Waals surface area contributed by atoms with Gasteiger partial charge in [0.2, 0.25) is 0 Å². The molecule has 4 aromatic rings. The summed E-state index contributed by atoms with van der Waals surface area (Å²) < 4.78 is 37.6. The van der Waals surface area contributed by atoms with Crippen LogP contribution in [-0.4, -0.2) is 51.4 Å². The number of rotatable bonds is 10. The highest BCUT2D eigenvalue weighted by atomic mass is 35.5. The van der Waals surface area contributed by atoms with Gasteiger partial charge in [0.25, 0.3) is 0 Å². The van der Waals surface area contributed by atoms with E-state index in [0.29, 0.717) is 11.6 Å².